The molecule has 0 bridgehead atoms. The number of hydrogen-bond acceptors (Lipinski definition) is 3. The first-order valence-electron chi connectivity index (χ1n) is 10.8. The van der Waals surface area contributed by atoms with Crippen LogP contribution in [-0.4, -0.2) is 19.1 Å². The predicted octanol–water partition coefficient (Wildman–Crippen LogP) is 5.24. The minimum absolute atomic E-state index is 0.156. The Morgan fingerprint density at radius 2 is 1.81 bits per heavy atom. The lowest BCUT2D eigenvalue weighted by Crippen LogP contribution is -2.54. The SMILES string of the molecule is CC[C@H]1CC(OS(=O)(=O)O)[C@H]2[C@@H]3CCC4CCCC[C@]4(C)[C@H]3CC[C@]12C. The van der Waals surface area contributed by atoms with Crippen LogP contribution in [0.2, 0.25) is 0 Å². The Balaban J connectivity index is 1.68. The van der Waals surface area contributed by atoms with Gasteiger partial charge in [0.15, 0.2) is 0 Å². The van der Waals surface area contributed by atoms with E-state index in [0.29, 0.717) is 23.2 Å². The Bertz CT molecular complexity index is 646. The van der Waals surface area contributed by atoms with Gasteiger partial charge in [0, 0.05) is 0 Å². The van der Waals surface area contributed by atoms with Crippen molar-refractivity contribution in [1.82, 2.24) is 0 Å². The molecule has 0 spiro atoms. The summed E-state index contributed by atoms with van der Waals surface area (Å²) in [6.07, 6.45) is 11.9. The van der Waals surface area contributed by atoms with Crippen molar-refractivity contribution in [2.75, 3.05) is 0 Å². The van der Waals surface area contributed by atoms with Crippen molar-refractivity contribution in [3.63, 3.8) is 0 Å². The first-order valence-corrected chi connectivity index (χ1v) is 12.2. The average molecular weight is 385 g/mol. The smallest absolute Gasteiger partial charge is 0.264 e. The third-order valence-corrected chi connectivity index (χ3v) is 9.96. The molecule has 0 aliphatic heterocycles. The molecule has 4 saturated carbocycles. The highest BCUT2D eigenvalue weighted by atomic mass is 32.3. The molecule has 26 heavy (non-hydrogen) atoms. The molecule has 4 fully saturated rings. The van der Waals surface area contributed by atoms with Crippen LogP contribution in [0.4, 0.5) is 0 Å². The van der Waals surface area contributed by atoms with Crippen molar-refractivity contribution in [3.05, 3.63) is 0 Å². The second-order valence-electron chi connectivity index (χ2n) is 10.3. The lowest BCUT2D eigenvalue weighted by Gasteiger charge is -2.61. The van der Waals surface area contributed by atoms with E-state index in [2.05, 4.69) is 20.8 Å². The molecule has 4 aliphatic rings. The van der Waals surface area contributed by atoms with Gasteiger partial charge in [-0.1, -0.05) is 40.0 Å². The maximum absolute atomic E-state index is 11.5. The van der Waals surface area contributed by atoms with E-state index in [1.807, 2.05) is 0 Å². The van der Waals surface area contributed by atoms with Gasteiger partial charge in [-0.25, -0.2) is 4.18 Å². The second-order valence-corrected chi connectivity index (χ2v) is 11.3. The summed E-state index contributed by atoms with van der Waals surface area (Å²) in [6, 6.07) is 0. The van der Waals surface area contributed by atoms with Gasteiger partial charge in [0.1, 0.15) is 0 Å². The third kappa shape index (κ3) is 2.88. The van der Waals surface area contributed by atoms with Gasteiger partial charge in [-0.2, -0.15) is 8.42 Å². The molecule has 0 aromatic carbocycles. The van der Waals surface area contributed by atoms with E-state index in [0.717, 1.165) is 18.8 Å². The Hall–Kier alpha value is -0.130. The molecule has 0 aromatic heterocycles. The van der Waals surface area contributed by atoms with E-state index in [-0.39, 0.29) is 17.4 Å². The van der Waals surface area contributed by atoms with Crippen LogP contribution in [0.15, 0.2) is 0 Å². The Morgan fingerprint density at radius 3 is 2.50 bits per heavy atom. The molecule has 2 unspecified atom stereocenters. The summed E-state index contributed by atoms with van der Waals surface area (Å²) in [4.78, 5) is 0. The van der Waals surface area contributed by atoms with Crippen molar-refractivity contribution >= 4 is 10.4 Å². The fraction of sp³-hybridized carbons (Fsp3) is 1.00. The van der Waals surface area contributed by atoms with Crippen molar-refractivity contribution in [3.8, 4) is 0 Å². The summed E-state index contributed by atoms with van der Waals surface area (Å²) in [5, 5.41) is 0. The molecule has 0 heterocycles. The van der Waals surface area contributed by atoms with Crippen LogP contribution in [0.1, 0.15) is 85.0 Å². The fourth-order valence-electron chi connectivity index (χ4n) is 8.33. The number of rotatable bonds is 3. The minimum Gasteiger partial charge on any atom is -0.264 e. The molecule has 0 aromatic rings. The van der Waals surface area contributed by atoms with E-state index in [9.17, 15) is 13.0 Å². The largest absolute Gasteiger partial charge is 0.397 e. The first kappa shape index (κ1) is 19.2. The van der Waals surface area contributed by atoms with Gasteiger partial charge >= 0.3 is 10.4 Å². The lowest BCUT2D eigenvalue weighted by atomic mass is 9.44. The number of hydrogen-bond donors (Lipinski definition) is 1. The Labute approximate surface area is 159 Å². The molecule has 4 rings (SSSR count). The van der Waals surface area contributed by atoms with Crippen molar-refractivity contribution in [1.29, 1.82) is 0 Å². The molecule has 4 nitrogen and oxygen atoms in total. The summed E-state index contributed by atoms with van der Waals surface area (Å²) in [7, 11) is -4.39. The van der Waals surface area contributed by atoms with Crippen LogP contribution < -0.4 is 0 Å². The molecule has 8 atom stereocenters. The molecule has 4 aliphatic carbocycles. The summed E-state index contributed by atoms with van der Waals surface area (Å²) >= 11 is 0. The third-order valence-electron chi connectivity index (χ3n) is 9.47. The van der Waals surface area contributed by atoms with E-state index in [4.69, 9.17) is 4.18 Å². The van der Waals surface area contributed by atoms with Crippen LogP contribution in [0, 0.1) is 40.4 Å². The van der Waals surface area contributed by atoms with Crippen LogP contribution in [0.25, 0.3) is 0 Å². The second kappa shape index (κ2) is 6.45. The molecule has 0 saturated heterocycles. The molecular formula is C21H36O4S. The van der Waals surface area contributed by atoms with Gasteiger partial charge in [-0.05, 0) is 85.4 Å². The van der Waals surface area contributed by atoms with E-state index < -0.39 is 10.4 Å². The van der Waals surface area contributed by atoms with Crippen molar-refractivity contribution < 1.29 is 17.2 Å². The van der Waals surface area contributed by atoms with Gasteiger partial charge in [-0.15, -0.1) is 0 Å². The van der Waals surface area contributed by atoms with Crippen molar-refractivity contribution in [2.45, 2.75) is 91.1 Å². The van der Waals surface area contributed by atoms with Gasteiger partial charge in [0.2, 0.25) is 0 Å². The minimum atomic E-state index is -4.39. The number of fused-ring (bicyclic) bond motifs is 5. The lowest BCUT2D eigenvalue weighted by molar-refractivity contribution is -0.125. The van der Waals surface area contributed by atoms with Gasteiger partial charge < -0.3 is 0 Å². The molecule has 1 N–H and O–H groups in total. The quantitative estimate of drug-likeness (QED) is 0.676. The highest BCUT2D eigenvalue weighted by Crippen LogP contribution is 2.68. The highest BCUT2D eigenvalue weighted by Gasteiger charge is 2.62. The topological polar surface area (TPSA) is 63.6 Å². The summed E-state index contributed by atoms with van der Waals surface area (Å²) in [5.41, 5.74) is 0.582. The fourth-order valence-corrected chi connectivity index (χ4v) is 8.84. The zero-order chi connectivity index (χ0) is 18.7. The average Bonchev–Trinajstić information content (AvgIpc) is 2.84. The normalized spacial score (nSPS) is 51.4. The summed E-state index contributed by atoms with van der Waals surface area (Å²) < 4.78 is 37.8. The predicted molar refractivity (Wildman–Crippen MR) is 102 cm³/mol. The monoisotopic (exact) mass is 384 g/mol. The zero-order valence-corrected chi connectivity index (χ0v) is 17.4. The van der Waals surface area contributed by atoms with Crippen LogP contribution in [0.5, 0.6) is 0 Å². The van der Waals surface area contributed by atoms with Crippen LogP contribution >= 0.6 is 0 Å². The highest BCUT2D eigenvalue weighted by molar-refractivity contribution is 7.80. The maximum Gasteiger partial charge on any atom is 0.397 e. The van der Waals surface area contributed by atoms with E-state index in [1.165, 1.54) is 51.4 Å². The van der Waals surface area contributed by atoms with Gasteiger partial charge in [0.05, 0.1) is 6.10 Å². The molecule has 0 radical (unpaired) electrons. The zero-order valence-electron chi connectivity index (χ0n) is 16.6. The standard InChI is InChI=1S/C21H36O4S/c1-4-14-13-18(25-26(22,23)24)19-16-9-8-15-7-5-6-11-20(15,2)17(16)10-12-21(14,19)3/h14-19H,4-13H2,1-3H3,(H,22,23,24)/t14-,15?,16+,17-,18?,19+,20-,21+/m0/s1. The molecule has 150 valence electrons. The van der Waals surface area contributed by atoms with Crippen LogP contribution in [-0.2, 0) is 14.6 Å². The summed E-state index contributed by atoms with van der Waals surface area (Å²) in [5.74, 6) is 2.87. The Kier molecular flexibility index (Phi) is 4.76. The molecule has 0 amide bonds. The Morgan fingerprint density at radius 1 is 1.04 bits per heavy atom. The maximum atomic E-state index is 11.5. The van der Waals surface area contributed by atoms with E-state index in [1.54, 1.807) is 0 Å². The van der Waals surface area contributed by atoms with Gasteiger partial charge in [-0.3, -0.25) is 4.55 Å². The van der Waals surface area contributed by atoms with Gasteiger partial charge in [0.25, 0.3) is 0 Å². The van der Waals surface area contributed by atoms with Crippen molar-refractivity contribution in [2.24, 2.45) is 40.4 Å². The van der Waals surface area contributed by atoms with E-state index >= 15 is 0 Å². The molecule has 5 heteroatoms. The molecular weight excluding hydrogens is 348 g/mol. The van der Waals surface area contributed by atoms with Crippen LogP contribution in [0.3, 0.4) is 0 Å². The summed E-state index contributed by atoms with van der Waals surface area (Å²) in [6.45, 7) is 7.13. The first-order chi connectivity index (χ1) is 12.2.